The molecule has 0 saturated carbocycles. The highest BCUT2D eigenvalue weighted by Crippen LogP contribution is 2.33. The Labute approximate surface area is 100 Å². The molecule has 0 aliphatic rings. The van der Waals surface area contributed by atoms with Crippen LogP contribution < -0.4 is 0 Å². The Balaban J connectivity index is 2.82. The van der Waals surface area contributed by atoms with Crippen LogP contribution in [0.25, 0.3) is 0 Å². The van der Waals surface area contributed by atoms with E-state index in [-0.39, 0.29) is 0 Å². The van der Waals surface area contributed by atoms with Crippen molar-refractivity contribution in [1.82, 2.24) is 0 Å². The Hall–Kier alpha value is -0.470. The molecule has 0 heterocycles. The molecule has 0 saturated heterocycles. The zero-order valence-electron chi connectivity index (χ0n) is 9.16. The molecule has 1 atom stereocenters. The van der Waals surface area contributed by atoms with Crippen molar-refractivity contribution in [3.63, 3.8) is 0 Å². The van der Waals surface area contributed by atoms with Gasteiger partial charge in [-0.2, -0.15) is 0 Å². The Bertz CT molecular complexity index is 349. The molecule has 0 amide bonds. The largest absolute Gasteiger partial charge is 0.298 e. The summed E-state index contributed by atoms with van der Waals surface area (Å²) in [5, 5.41) is 1.18. The molecule has 0 N–H and O–H groups in total. The van der Waals surface area contributed by atoms with Gasteiger partial charge in [-0.15, -0.1) is 11.8 Å². The van der Waals surface area contributed by atoms with Gasteiger partial charge in [0.15, 0.2) is 0 Å². The monoisotopic (exact) mass is 242 g/mol. The molecule has 0 fully saturated rings. The van der Waals surface area contributed by atoms with E-state index < -0.39 is 0 Å². The fraction of sp³-hybridized carbons (Fsp3) is 0.417. The number of hydrogen-bond acceptors (Lipinski definition) is 2. The van der Waals surface area contributed by atoms with E-state index in [0.29, 0.717) is 21.8 Å². The molecule has 1 aromatic rings. The number of carbonyl (C=O) groups is 1. The number of carbonyl (C=O) groups excluding carboxylic acids is 1. The molecule has 1 aromatic carbocycles. The van der Waals surface area contributed by atoms with Crippen molar-refractivity contribution in [2.45, 2.75) is 30.9 Å². The zero-order valence-corrected chi connectivity index (χ0v) is 10.7. The zero-order chi connectivity index (χ0) is 11.4. The lowest BCUT2D eigenvalue weighted by atomic mass is 10.2. The molecule has 0 aromatic heterocycles. The fourth-order valence-corrected chi connectivity index (χ4v) is 2.34. The number of hydrogen-bond donors (Lipinski definition) is 0. The second-order valence-corrected chi connectivity index (χ2v) is 5.70. The Kier molecular flexibility index (Phi) is 4.68. The standard InChI is InChI=1S/C12H15ClOS/c1-8(2)9(3)15-12-5-4-10(7-14)6-11(12)13/h4-9H,1-3H3. The minimum atomic E-state index is 0.518. The van der Waals surface area contributed by atoms with Crippen LogP contribution in [0.2, 0.25) is 5.02 Å². The average Bonchev–Trinajstić information content (AvgIpc) is 2.20. The molecule has 0 aliphatic heterocycles. The predicted octanol–water partition coefficient (Wildman–Crippen LogP) is 4.29. The average molecular weight is 243 g/mol. The van der Waals surface area contributed by atoms with Crippen LogP contribution >= 0.6 is 23.4 Å². The van der Waals surface area contributed by atoms with Gasteiger partial charge in [-0.05, 0) is 18.1 Å². The third-order valence-corrected chi connectivity index (χ3v) is 4.29. The van der Waals surface area contributed by atoms with Crippen LogP contribution in [-0.2, 0) is 0 Å². The molecule has 0 spiro atoms. The van der Waals surface area contributed by atoms with Crippen molar-refractivity contribution >= 4 is 29.6 Å². The summed E-state index contributed by atoms with van der Waals surface area (Å²) in [4.78, 5) is 11.6. The van der Waals surface area contributed by atoms with E-state index in [0.717, 1.165) is 11.2 Å². The highest BCUT2D eigenvalue weighted by molar-refractivity contribution is 8.00. The summed E-state index contributed by atoms with van der Waals surface area (Å²) in [6, 6.07) is 5.42. The summed E-state index contributed by atoms with van der Waals surface area (Å²) in [6.07, 6.45) is 0.812. The lowest BCUT2D eigenvalue weighted by Crippen LogP contribution is -2.05. The van der Waals surface area contributed by atoms with Crippen molar-refractivity contribution in [2.24, 2.45) is 5.92 Å². The van der Waals surface area contributed by atoms with Crippen LogP contribution in [0.4, 0.5) is 0 Å². The molecular weight excluding hydrogens is 228 g/mol. The molecule has 82 valence electrons. The van der Waals surface area contributed by atoms with Crippen LogP contribution in [-0.4, -0.2) is 11.5 Å². The van der Waals surface area contributed by atoms with E-state index in [1.165, 1.54) is 0 Å². The van der Waals surface area contributed by atoms with E-state index in [2.05, 4.69) is 20.8 Å². The minimum absolute atomic E-state index is 0.518. The van der Waals surface area contributed by atoms with E-state index in [9.17, 15) is 4.79 Å². The Morgan fingerprint density at radius 2 is 2.00 bits per heavy atom. The number of halogens is 1. The Morgan fingerprint density at radius 3 is 2.47 bits per heavy atom. The third kappa shape index (κ3) is 3.54. The van der Waals surface area contributed by atoms with Crippen LogP contribution in [0.3, 0.4) is 0 Å². The maximum atomic E-state index is 10.5. The van der Waals surface area contributed by atoms with Crippen LogP contribution in [0.1, 0.15) is 31.1 Å². The predicted molar refractivity (Wildman–Crippen MR) is 67.0 cm³/mol. The molecule has 1 nitrogen and oxygen atoms in total. The molecule has 0 radical (unpaired) electrons. The quantitative estimate of drug-likeness (QED) is 0.579. The smallest absolute Gasteiger partial charge is 0.150 e. The normalized spacial score (nSPS) is 12.9. The van der Waals surface area contributed by atoms with Gasteiger partial charge in [0.05, 0.1) is 5.02 Å². The molecule has 1 unspecified atom stereocenters. The van der Waals surface area contributed by atoms with Gasteiger partial charge in [-0.25, -0.2) is 0 Å². The van der Waals surface area contributed by atoms with Crippen molar-refractivity contribution in [3.05, 3.63) is 28.8 Å². The second-order valence-electron chi connectivity index (χ2n) is 3.87. The van der Waals surface area contributed by atoms with Crippen molar-refractivity contribution in [3.8, 4) is 0 Å². The lowest BCUT2D eigenvalue weighted by Gasteiger charge is -2.15. The van der Waals surface area contributed by atoms with Gasteiger partial charge in [0.25, 0.3) is 0 Å². The summed E-state index contributed by atoms with van der Waals surface area (Å²) in [5.74, 6) is 0.608. The van der Waals surface area contributed by atoms with E-state index in [1.807, 2.05) is 6.07 Å². The summed E-state index contributed by atoms with van der Waals surface area (Å²) in [5.41, 5.74) is 0.626. The van der Waals surface area contributed by atoms with Gasteiger partial charge in [0.2, 0.25) is 0 Å². The van der Waals surface area contributed by atoms with Crippen molar-refractivity contribution < 1.29 is 4.79 Å². The van der Waals surface area contributed by atoms with Gasteiger partial charge < -0.3 is 0 Å². The maximum Gasteiger partial charge on any atom is 0.150 e. The van der Waals surface area contributed by atoms with E-state index >= 15 is 0 Å². The summed E-state index contributed by atoms with van der Waals surface area (Å²) >= 11 is 7.83. The first-order chi connectivity index (χ1) is 7.04. The van der Waals surface area contributed by atoms with Crippen LogP contribution in [0.5, 0.6) is 0 Å². The maximum absolute atomic E-state index is 10.5. The number of rotatable bonds is 4. The topological polar surface area (TPSA) is 17.1 Å². The summed E-state index contributed by atoms with van der Waals surface area (Å²) in [7, 11) is 0. The van der Waals surface area contributed by atoms with Gasteiger partial charge in [0.1, 0.15) is 6.29 Å². The molecule has 15 heavy (non-hydrogen) atoms. The highest BCUT2D eigenvalue weighted by atomic mass is 35.5. The third-order valence-electron chi connectivity index (χ3n) is 2.34. The fourth-order valence-electron chi connectivity index (χ4n) is 1.02. The number of aldehydes is 1. The van der Waals surface area contributed by atoms with Gasteiger partial charge in [-0.1, -0.05) is 38.4 Å². The van der Waals surface area contributed by atoms with Gasteiger partial charge in [-0.3, -0.25) is 4.79 Å². The molecular formula is C12H15ClOS. The van der Waals surface area contributed by atoms with Crippen molar-refractivity contribution in [1.29, 1.82) is 0 Å². The van der Waals surface area contributed by atoms with Crippen LogP contribution in [0.15, 0.2) is 23.1 Å². The number of benzene rings is 1. The van der Waals surface area contributed by atoms with Gasteiger partial charge in [0, 0.05) is 15.7 Å². The molecule has 1 rings (SSSR count). The molecule has 0 aliphatic carbocycles. The SMILES string of the molecule is CC(C)C(C)Sc1ccc(C=O)cc1Cl. The van der Waals surface area contributed by atoms with E-state index in [1.54, 1.807) is 23.9 Å². The Morgan fingerprint density at radius 1 is 1.33 bits per heavy atom. The van der Waals surface area contributed by atoms with Crippen LogP contribution in [0, 0.1) is 5.92 Å². The molecule has 3 heteroatoms. The number of thioether (sulfide) groups is 1. The van der Waals surface area contributed by atoms with Crippen molar-refractivity contribution in [2.75, 3.05) is 0 Å². The van der Waals surface area contributed by atoms with Gasteiger partial charge >= 0.3 is 0 Å². The molecule has 0 bridgehead atoms. The first-order valence-electron chi connectivity index (χ1n) is 4.96. The first kappa shape index (κ1) is 12.6. The summed E-state index contributed by atoms with van der Waals surface area (Å²) < 4.78 is 0. The lowest BCUT2D eigenvalue weighted by molar-refractivity contribution is 0.112. The minimum Gasteiger partial charge on any atom is -0.298 e. The van der Waals surface area contributed by atoms with E-state index in [4.69, 9.17) is 11.6 Å². The highest BCUT2D eigenvalue weighted by Gasteiger charge is 2.11. The summed E-state index contributed by atoms with van der Waals surface area (Å²) in [6.45, 7) is 6.55. The first-order valence-corrected chi connectivity index (χ1v) is 6.21. The second kappa shape index (κ2) is 5.57.